The Morgan fingerprint density at radius 3 is 3.00 bits per heavy atom. The van der Waals surface area contributed by atoms with Crippen LogP contribution in [0, 0.1) is 6.92 Å². The summed E-state index contributed by atoms with van der Waals surface area (Å²) >= 11 is 1.58. The molecule has 0 radical (unpaired) electrons. The van der Waals surface area contributed by atoms with Crippen molar-refractivity contribution in [1.82, 2.24) is 9.97 Å². The maximum absolute atomic E-state index is 11.1. The Labute approximate surface area is 109 Å². The second kappa shape index (κ2) is 5.30. The first-order valence-corrected chi connectivity index (χ1v) is 6.64. The Balaban J connectivity index is 2.32. The van der Waals surface area contributed by atoms with Gasteiger partial charge in [0.2, 0.25) is 0 Å². The maximum atomic E-state index is 11.1. The molecule has 0 aliphatic rings. The lowest BCUT2D eigenvalue weighted by Crippen LogP contribution is -2.29. The molecule has 0 saturated heterocycles. The number of rotatable bonds is 5. The SMILES string of the molecule is CCCC(Nc1ncnc2sc(C)cc12)C(=O)O. The first-order valence-electron chi connectivity index (χ1n) is 5.82. The molecular formula is C12H15N3O2S. The van der Waals surface area contributed by atoms with Crippen LogP contribution in [0.3, 0.4) is 0 Å². The Morgan fingerprint density at radius 2 is 2.33 bits per heavy atom. The van der Waals surface area contributed by atoms with Gasteiger partial charge in [-0.1, -0.05) is 13.3 Å². The van der Waals surface area contributed by atoms with E-state index < -0.39 is 12.0 Å². The molecule has 2 N–H and O–H groups in total. The van der Waals surface area contributed by atoms with Gasteiger partial charge in [0.1, 0.15) is 23.0 Å². The summed E-state index contributed by atoms with van der Waals surface area (Å²) in [6.45, 7) is 3.96. The summed E-state index contributed by atoms with van der Waals surface area (Å²) in [5.74, 6) is -0.249. The first kappa shape index (κ1) is 12.8. The van der Waals surface area contributed by atoms with E-state index in [1.165, 1.54) is 6.33 Å². The molecule has 6 heteroatoms. The Bertz CT molecular complexity index is 567. The Kier molecular flexibility index (Phi) is 3.76. The zero-order chi connectivity index (χ0) is 13.1. The van der Waals surface area contributed by atoms with Crippen LogP contribution in [0.15, 0.2) is 12.4 Å². The molecule has 0 saturated carbocycles. The number of carbonyl (C=O) groups is 1. The molecule has 0 aromatic carbocycles. The van der Waals surface area contributed by atoms with Crippen LogP contribution >= 0.6 is 11.3 Å². The van der Waals surface area contributed by atoms with Crippen molar-refractivity contribution in [3.05, 3.63) is 17.3 Å². The fraction of sp³-hybridized carbons (Fsp3) is 0.417. The van der Waals surface area contributed by atoms with Crippen LogP contribution in [0.5, 0.6) is 0 Å². The third kappa shape index (κ3) is 2.59. The number of aryl methyl sites for hydroxylation is 1. The van der Waals surface area contributed by atoms with Crippen LogP contribution in [0.4, 0.5) is 5.82 Å². The van der Waals surface area contributed by atoms with Gasteiger partial charge in [-0.25, -0.2) is 14.8 Å². The second-order valence-corrected chi connectivity index (χ2v) is 5.36. The largest absolute Gasteiger partial charge is 0.480 e. The van der Waals surface area contributed by atoms with E-state index in [0.29, 0.717) is 12.2 Å². The molecule has 2 heterocycles. The zero-order valence-electron chi connectivity index (χ0n) is 10.3. The first-order chi connectivity index (χ1) is 8.61. The van der Waals surface area contributed by atoms with Gasteiger partial charge in [-0.05, 0) is 19.4 Å². The smallest absolute Gasteiger partial charge is 0.326 e. The zero-order valence-corrected chi connectivity index (χ0v) is 11.1. The summed E-state index contributed by atoms with van der Waals surface area (Å²) in [6, 6.07) is 1.38. The molecular weight excluding hydrogens is 250 g/mol. The van der Waals surface area contributed by atoms with E-state index in [1.54, 1.807) is 11.3 Å². The van der Waals surface area contributed by atoms with E-state index in [4.69, 9.17) is 5.11 Å². The number of carboxylic acids is 1. The summed E-state index contributed by atoms with van der Waals surface area (Å²) < 4.78 is 0. The highest BCUT2D eigenvalue weighted by atomic mass is 32.1. The molecule has 1 atom stereocenters. The highest BCUT2D eigenvalue weighted by Crippen LogP contribution is 2.28. The number of aromatic nitrogens is 2. The van der Waals surface area contributed by atoms with Crippen LogP contribution in [0.1, 0.15) is 24.6 Å². The van der Waals surface area contributed by atoms with Crippen LogP contribution in [0.25, 0.3) is 10.2 Å². The van der Waals surface area contributed by atoms with Gasteiger partial charge in [0.25, 0.3) is 0 Å². The van der Waals surface area contributed by atoms with Gasteiger partial charge >= 0.3 is 5.97 Å². The number of thiophene rings is 1. The highest BCUT2D eigenvalue weighted by Gasteiger charge is 2.18. The Hall–Kier alpha value is -1.69. The van der Waals surface area contributed by atoms with Gasteiger partial charge in [-0.2, -0.15) is 0 Å². The van der Waals surface area contributed by atoms with E-state index in [9.17, 15) is 4.79 Å². The number of aliphatic carboxylic acids is 1. The van der Waals surface area contributed by atoms with E-state index in [2.05, 4.69) is 15.3 Å². The molecule has 0 aliphatic heterocycles. The number of fused-ring (bicyclic) bond motifs is 1. The minimum atomic E-state index is -0.851. The molecule has 5 nitrogen and oxygen atoms in total. The average Bonchev–Trinajstić information content (AvgIpc) is 2.69. The van der Waals surface area contributed by atoms with E-state index in [-0.39, 0.29) is 0 Å². The molecule has 0 bridgehead atoms. The minimum Gasteiger partial charge on any atom is -0.480 e. The number of nitrogens with one attached hydrogen (secondary N) is 1. The molecule has 1 unspecified atom stereocenters. The monoisotopic (exact) mass is 265 g/mol. The summed E-state index contributed by atoms with van der Waals surface area (Å²) in [5, 5.41) is 13.0. The fourth-order valence-corrected chi connectivity index (χ4v) is 2.65. The third-order valence-electron chi connectivity index (χ3n) is 2.64. The Morgan fingerprint density at radius 1 is 1.56 bits per heavy atom. The molecule has 0 aliphatic carbocycles. The normalized spacial score (nSPS) is 12.6. The van der Waals surface area contributed by atoms with Gasteiger partial charge < -0.3 is 10.4 Å². The number of hydrogen-bond donors (Lipinski definition) is 2. The molecule has 96 valence electrons. The molecule has 0 spiro atoms. The van der Waals surface area contributed by atoms with E-state index in [1.807, 2.05) is 19.9 Å². The van der Waals surface area contributed by atoms with Crippen LogP contribution in [-0.2, 0) is 4.79 Å². The van der Waals surface area contributed by atoms with Crippen molar-refractivity contribution in [3.8, 4) is 0 Å². The molecule has 0 fully saturated rings. The fourth-order valence-electron chi connectivity index (χ4n) is 1.80. The van der Waals surface area contributed by atoms with E-state index in [0.717, 1.165) is 21.5 Å². The van der Waals surface area contributed by atoms with Gasteiger partial charge in [0.05, 0.1) is 5.39 Å². The summed E-state index contributed by atoms with van der Waals surface area (Å²) in [4.78, 5) is 21.5. The van der Waals surface area contributed by atoms with Crippen molar-refractivity contribution in [2.45, 2.75) is 32.7 Å². The predicted octanol–water partition coefficient (Wildman–Crippen LogP) is 2.66. The topological polar surface area (TPSA) is 75.1 Å². The lowest BCUT2D eigenvalue weighted by molar-refractivity contribution is -0.138. The summed E-state index contributed by atoms with van der Waals surface area (Å²) in [6.07, 6.45) is 2.84. The molecule has 2 aromatic heterocycles. The third-order valence-corrected chi connectivity index (χ3v) is 3.60. The van der Waals surface area contributed by atoms with Crippen LogP contribution in [-0.4, -0.2) is 27.1 Å². The van der Waals surface area contributed by atoms with Crippen LogP contribution < -0.4 is 5.32 Å². The minimum absolute atomic E-state index is 0.573. The van der Waals surface area contributed by atoms with Crippen molar-refractivity contribution >= 4 is 33.3 Å². The predicted molar refractivity (Wildman–Crippen MR) is 72.1 cm³/mol. The lowest BCUT2D eigenvalue weighted by atomic mass is 10.1. The summed E-state index contributed by atoms with van der Waals surface area (Å²) in [5.41, 5.74) is 0. The number of carboxylic acid groups (broad SMARTS) is 1. The molecule has 18 heavy (non-hydrogen) atoms. The van der Waals surface area contributed by atoms with Crippen molar-refractivity contribution in [3.63, 3.8) is 0 Å². The second-order valence-electron chi connectivity index (χ2n) is 4.12. The van der Waals surface area contributed by atoms with Gasteiger partial charge in [-0.15, -0.1) is 11.3 Å². The summed E-state index contributed by atoms with van der Waals surface area (Å²) in [7, 11) is 0. The lowest BCUT2D eigenvalue weighted by Gasteiger charge is -2.14. The number of hydrogen-bond acceptors (Lipinski definition) is 5. The van der Waals surface area contributed by atoms with Gasteiger partial charge in [0, 0.05) is 4.88 Å². The standard InChI is InChI=1S/C12H15N3O2S/c1-3-4-9(12(16)17)15-10-8-5-7(2)18-11(8)14-6-13-10/h5-6,9H,3-4H2,1-2H3,(H,16,17)(H,13,14,15). The maximum Gasteiger partial charge on any atom is 0.326 e. The van der Waals surface area contributed by atoms with Crippen molar-refractivity contribution in [1.29, 1.82) is 0 Å². The molecule has 0 amide bonds. The number of anilines is 1. The average molecular weight is 265 g/mol. The van der Waals surface area contributed by atoms with E-state index >= 15 is 0 Å². The number of nitrogens with zero attached hydrogens (tertiary/aromatic N) is 2. The van der Waals surface area contributed by atoms with Crippen LogP contribution in [0.2, 0.25) is 0 Å². The van der Waals surface area contributed by atoms with Gasteiger partial charge in [-0.3, -0.25) is 0 Å². The van der Waals surface area contributed by atoms with Crippen molar-refractivity contribution in [2.24, 2.45) is 0 Å². The van der Waals surface area contributed by atoms with Gasteiger partial charge in [0.15, 0.2) is 0 Å². The van der Waals surface area contributed by atoms with Crippen molar-refractivity contribution in [2.75, 3.05) is 5.32 Å². The van der Waals surface area contributed by atoms with Crippen molar-refractivity contribution < 1.29 is 9.90 Å². The quantitative estimate of drug-likeness (QED) is 0.869. The molecule has 2 aromatic rings. The molecule has 2 rings (SSSR count). The highest BCUT2D eigenvalue weighted by molar-refractivity contribution is 7.18.